The second-order valence-electron chi connectivity index (χ2n) is 5.75. The zero-order valence-electron chi connectivity index (χ0n) is 14.0. The Morgan fingerprint density at radius 3 is 2.73 bits per heavy atom. The Bertz CT molecular complexity index is 1010. The minimum Gasteiger partial charge on any atom is -0.313 e. The smallest absolute Gasteiger partial charge is 0.211 e. The first kappa shape index (κ1) is 16.9. The van der Waals surface area contributed by atoms with Crippen LogP contribution in [0.4, 0.5) is 10.9 Å². The van der Waals surface area contributed by atoms with Gasteiger partial charge < -0.3 is 5.32 Å². The SMILES string of the molecule is Cc1c(Br)cnn1Cc1nnc(Nc2ccn(Cc3ccccc3)n2)s1. The summed E-state index contributed by atoms with van der Waals surface area (Å²) in [5.41, 5.74) is 2.27. The molecule has 0 saturated carbocycles. The highest BCUT2D eigenvalue weighted by atomic mass is 79.9. The molecule has 4 aromatic rings. The Kier molecular flexibility index (Phi) is 4.81. The molecule has 3 heterocycles. The van der Waals surface area contributed by atoms with Gasteiger partial charge in [0, 0.05) is 18.0 Å². The van der Waals surface area contributed by atoms with Crippen molar-refractivity contribution in [2.75, 3.05) is 5.32 Å². The van der Waals surface area contributed by atoms with Gasteiger partial charge >= 0.3 is 0 Å². The van der Waals surface area contributed by atoms with Crippen LogP contribution in [-0.2, 0) is 13.1 Å². The summed E-state index contributed by atoms with van der Waals surface area (Å²) in [6.07, 6.45) is 3.73. The molecule has 1 aromatic carbocycles. The average molecular weight is 430 g/mol. The normalized spacial score (nSPS) is 11.0. The van der Waals surface area contributed by atoms with Gasteiger partial charge in [-0.2, -0.15) is 10.2 Å². The van der Waals surface area contributed by atoms with Gasteiger partial charge in [-0.05, 0) is 28.4 Å². The fourth-order valence-corrected chi connectivity index (χ4v) is 3.50. The monoisotopic (exact) mass is 429 g/mol. The molecule has 4 rings (SSSR count). The first-order valence-corrected chi connectivity index (χ1v) is 9.63. The van der Waals surface area contributed by atoms with Crippen molar-refractivity contribution in [1.82, 2.24) is 29.8 Å². The van der Waals surface area contributed by atoms with Gasteiger partial charge in [-0.15, -0.1) is 10.2 Å². The van der Waals surface area contributed by atoms with E-state index < -0.39 is 0 Å². The Morgan fingerprint density at radius 1 is 1.12 bits per heavy atom. The zero-order valence-corrected chi connectivity index (χ0v) is 16.4. The lowest BCUT2D eigenvalue weighted by Gasteiger charge is -2.01. The van der Waals surface area contributed by atoms with E-state index in [2.05, 4.69) is 53.8 Å². The predicted octanol–water partition coefficient (Wildman–Crippen LogP) is 3.84. The van der Waals surface area contributed by atoms with Crippen LogP contribution in [0.2, 0.25) is 0 Å². The molecule has 0 unspecified atom stereocenters. The third kappa shape index (κ3) is 3.83. The number of hydrogen-bond acceptors (Lipinski definition) is 6. The lowest BCUT2D eigenvalue weighted by molar-refractivity contribution is 0.656. The van der Waals surface area contributed by atoms with Crippen LogP contribution in [0.15, 0.2) is 53.3 Å². The van der Waals surface area contributed by atoms with E-state index in [1.54, 1.807) is 6.20 Å². The lowest BCUT2D eigenvalue weighted by Crippen LogP contribution is -2.03. The number of anilines is 2. The van der Waals surface area contributed by atoms with E-state index in [1.807, 2.05) is 46.7 Å². The predicted molar refractivity (Wildman–Crippen MR) is 105 cm³/mol. The van der Waals surface area contributed by atoms with Crippen LogP contribution in [0.1, 0.15) is 16.3 Å². The maximum Gasteiger partial charge on any atom is 0.211 e. The molecule has 3 aromatic heterocycles. The third-order valence-electron chi connectivity index (χ3n) is 3.86. The molecule has 0 saturated heterocycles. The number of hydrogen-bond donors (Lipinski definition) is 1. The summed E-state index contributed by atoms with van der Waals surface area (Å²) >= 11 is 4.96. The van der Waals surface area contributed by atoms with Gasteiger partial charge in [-0.1, -0.05) is 41.7 Å². The van der Waals surface area contributed by atoms with E-state index in [9.17, 15) is 0 Å². The largest absolute Gasteiger partial charge is 0.313 e. The number of rotatable bonds is 6. The van der Waals surface area contributed by atoms with Crippen LogP contribution >= 0.6 is 27.3 Å². The van der Waals surface area contributed by atoms with Gasteiger partial charge in [0.1, 0.15) is 5.01 Å². The summed E-state index contributed by atoms with van der Waals surface area (Å²) in [6, 6.07) is 12.2. The van der Waals surface area contributed by atoms with E-state index in [0.29, 0.717) is 11.7 Å². The van der Waals surface area contributed by atoms with Crippen molar-refractivity contribution in [1.29, 1.82) is 0 Å². The Labute approximate surface area is 162 Å². The highest BCUT2D eigenvalue weighted by Crippen LogP contribution is 2.22. The van der Waals surface area contributed by atoms with Crippen LogP contribution in [0.25, 0.3) is 0 Å². The van der Waals surface area contributed by atoms with Crippen LogP contribution in [-0.4, -0.2) is 29.8 Å². The molecule has 0 atom stereocenters. The molecular formula is C17H16BrN7S. The summed E-state index contributed by atoms with van der Waals surface area (Å²) in [7, 11) is 0. The van der Waals surface area contributed by atoms with Crippen LogP contribution in [0, 0.1) is 6.92 Å². The third-order valence-corrected chi connectivity index (χ3v) is 5.46. The number of nitrogens with one attached hydrogen (secondary N) is 1. The maximum absolute atomic E-state index is 4.53. The second kappa shape index (κ2) is 7.38. The van der Waals surface area contributed by atoms with Crippen molar-refractivity contribution in [2.45, 2.75) is 20.0 Å². The Hall–Kier alpha value is -2.52. The maximum atomic E-state index is 4.53. The van der Waals surface area contributed by atoms with Gasteiger partial charge in [0.15, 0.2) is 5.82 Å². The first-order chi connectivity index (χ1) is 12.7. The molecule has 7 nitrogen and oxygen atoms in total. The minimum atomic E-state index is 0.596. The molecule has 26 heavy (non-hydrogen) atoms. The van der Waals surface area contributed by atoms with E-state index in [1.165, 1.54) is 16.9 Å². The quantitative estimate of drug-likeness (QED) is 0.503. The molecule has 0 spiro atoms. The minimum absolute atomic E-state index is 0.596. The fraction of sp³-hybridized carbons (Fsp3) is 0.176. The Balaban J connectivity index is 1.40. The number of aromatic nitrogens is 6. The van der Waals surface area contributed by atoms with Crippen molar-refractivity contribution in [3.8, 4) is 0 Å². The van der Waals surface area contributed by atoms with Crippen LogP contribution in [0.5, 0.6) is 0 Å². The molecule has 0 aliphatic rings. The van der Waals surface area contributed by atoms with Crippen molar-refractivity contribution in [3.63, 3.8) is 0 Å². The van der Waals surface area contributed by atoms with Crippen LogP contribution in [0.3, 0.4) is 0 Å². The summed E-state index contributed by atoms with van der Waals surface area (Å²) < 4.78 is 4.78. The fourth-order valence-electron chi connectivity index (χ4n) is 2.48. The van der Waals surface area contributed by atoms with Crippen LogP contribution < -0.4 is 5.32 Å². The molecule has 132 valence electrons. The summed E-state index contributed by atoms with van der Waals surface area (Å²) in [5, 5.41) is 22.1. The molecule has 0 aliphatic heterocycles. The topological polar surface area (TPSA) is 73.5 Å². The summed E-state index contributed by atoms with van der Waals surface area (Å²) in [4.78, 5) is 0. The number of nitrogens with zero attached hydrogens (tertiary/aromatic N) is 6. The molecule has 1 N–H and O–H groups in total. The second-order valence-corrected chi connectivity index (χ2v) is 7.66. The molecule has 9 heteroatoms. The van der Waals surface area contributed by atoms with E-state index in [-0.39, 0.29) is 0 Å². The van der Waals surface area contributed by atoms with Crippen molar-refractivity contribution in [2.24, 2.45) is 0 Å². The summed E-state index contributed by atoms with van der Waals surface area (Å²) in [6.45, 7) is 3.34. The zero-order chi connectivity index (χ0) is 17.9. The van der Waals surface area contributed by atoms with Crippen molar-refractivity contribution >= 4 is 38.2 Å². The van der Waals surface area contributed by atoms with Gasteiger partial charge in [0.05, 0.1) is 23.8 Å². The highest BCUT2D eigenvalue weighted by molar-refractivity contribution is 9.10. The van der Waals surface area contributed by atoms with Gasteiger partial charge in [-0.25, -0.2) is 0 Å². The highest BCUT2D eigenvalue weighted by Gasteiger charge is 2.10. The van der Waals surface area contributed by atoms with Gasteiger partial charge in [0.2, 0.25) is 5.13 Å². The molecule has 0 aliphatic carbocycles. The lowest BCUT2D eigenvalue weighted by atomic mass is 10.2. The van der Waals surface area contributed by atoms with E-state index >= 15 is 0 Å². The van der Waals surface area contributed by atoms with E-state index in [4.69, 9.17) is 0 Å². The van der Waals surface area contributed by atoms with Crippen molar-refractivity contribution in [3.05, 3.63) is 69.5 Å². The van der Waals surface area contributed by atoms with Gasteiger partial charge in [-0.3, -0.25) is 9.36 Å². The average Bonchev–Trinajstić information content (AvgIpc) is 3.35. The number of benzene rings is 1. The van der Waals surface area contributed by atoms with E-state index in [0.717, 1.165) is 27.5 Å². The molecule has 0 fully saturated rings. The number of halogens is 1. The Morgan fingerprint density at radius 2 is 1.96 bits per heavy atom. The van der Waals surface area contributed by atoms with Crippen molar-refractivity contribution < 1.29 is 0 Å². The standard InChI is InChI=1S/C17H16BrN7S/c1-12-14(18)9-19-25(12)11-16-21-22-17(26-16)20-15-7-8-24(23-15)10-13-5-3-2-4-6-13/h2-9H,10-11H2,1H3,(H,20,22,23). The van der Waals surface area contributed by atoms with Gasteiger partial charge in [0.25, 0.3) is 0 Å². The molecule has 0 radical (unpaired) electrons. The first-order valence-electron chi connectivity index (χ1n) is 8.02. The summed E-state index contributed by atoms with van der Waals surface area (Å²) in [5.74, 6) is 0.752. The molecular weight excluding hydrogens is 414 g/mol. The molecule has 0 bridgehead atoms. The molecule has 0 amide bonds.